The minimum Gasteiger partial charge on any atom is -0.494 e. The van der Waals surface area contributed by atoms with Gasteiger partial charge in [-0.05, 0) is 67.7 Å². The van der Waals surface area contributed by atoms with E-state index in [1.807, 2.05) is 13.0 Å². The van der Waals surface area contributed by atoms with Crippen LogP contribution in [-0.2, 0) is 0 Å². The Kier molecular flexibility index (Phi) is 6.84. The Balaban J connectivity index is 1.96. The summed E-state index contributed by atoms with van der Waals surface area (Å²) < 4.78 is 13.6. The van der Waals surface area contributed by atoms with E-state index in [0.29, 0.717) is 35.2 Å². The first kappa shape index (κ1) is 22.9. The van der Waals surface area contributed by atoms with Crippen LogP contribution in [0.25, 0.3) is 11.4 Å². The molecule has 34 heavy (non-hydrogen) atoms. The molecule has 1 heterocycles. The minimum absolute atomic E-state index is 0.0779. The van der Waals surface area contributed by atoms with Crippen molar-refractivity contribution in [3.8, 4) is 28.8 Å². The topological polar surface area (TPSA) is 90.3 Å². The van der Waals surface area contributed by atoms with Crippen LogP contribution < -0.4 is 15.0 Å². The van der Waals surface area contributed by atoms with E-state index in [9.17, 15) is 9.90 Å². The molecule has 0 saturated heterocycles. The van der Waals surface area contributed by atoms with E-state index in [1.165, 1.54) is 16.2 Å². The largest absolute Gasteiger partial charge is 0.494 e. The second-order valence-corrected chi connectivity index (χ2v) is 7.43. The van der Waals surface area contributed by atoms with Crippen molar-refractivity contribution < 1.29 is 14.6 Å². The summed E-state index contributed by atoms with van der Waals surface area (Å²) in [5.41, 5.74) is 0.604. The zero-order chi connectivity index (χ0) is 24.1. The smallest absolute Gasteiger partial charge is 0.290 e. The number of rotatable bonds is 7. The Bertz CT molecular complexity index is 1440. The molecular formula is C25H22N4O4S. The summed E-state index contributed by atoms with van der Waals surface area (Å²) in [7, 11) is 1.51. The monoisotopic (exact) mass is 474 g/mol. The maximum Gasteiger partial charge on any atom is 0.290 e. The molecule has 0 aliphatic rings. The highest BCUT2D eigenvalue weighted by Gasteiger charge is 2.19. The molecule has 4 rings (SSSR count). The molecule has 0 aliphatic heterocycles. The van der Waals surface area contributed by atoms with E-state index < -0.39 is 11.4 Å². The lowest BCUT2D eigenvalue weighted by Gasteiger charge is -2.16. The van der Waals surface area contributed by atoms with Crippen molar-refractivity contribution in [1.29, 1.82) is 0 Å². The number of hydrogen-bond acceptors (Lipinski definition) is 7. The van der Waals surface area contributed by atoms with Gasteiger partial charge in [0.25, 0.3) is 5.56 Å². The van der Waals surface area contributed by atoms with Gasteiger partial charge in [-0.25, -0.2) is 0 Å². The summed E-state index contributed by atoms with van der Waals surface area (Å²) in [6.07, 6.45) is 0. The lowest BCUT2D eigenvalue weighted by Crippen LogP contribution is -2.23. The highest BCUT2D eigenvalue weighted by Crippen LogP contribution is 2.32. The summed E-state index contributed by atoms with van der Waals surface area (Å²) in [6, 6.07) is 22.9. The fourth-order valence-electron chi connectivity index (χ4n) is 3.38. The molecule has 172 valence electrons. The molecule has 3 aromatic carbocycles. The van der Waals surface area contributed by atoms with Gasteiger partial charge in [-0.15, -0.1) is 10.2 Å². The van der Waals surface area contributed by atoms with Crippen molar-refractivity contribution >= 4 is 23.6 Å². The van der Waals surface area contributed by atoms with E-state index in [2.05, 4.69) is 10.2 Å². The molecule has 0 saturated carbocycles. The third-order valence-electron chi connectivity index (χ3n) is 4.98. The maximum absolute atomic E-state index is 13.4. The molecule has 1 N–H and O–H groups in total. The number of aromatic nitrogens is 2. The fourth-order valence-corrected chi connectivity index (χ4v) is 3.76. The predicted molar refractivity (Wildman–Crippen MR) is 132 cm³/mol. The van der Waals surface area contributed by atoms with Crippen molar-refractivity contribution in [1.82, 2.24) is 9.13 Å². The Morgan fingerprint density at radius 2 is 1.53 bits per heavy atom. The van der Waals surface area contributed by atoms with Crippen LogP contribution in [0.2, 0.25) is 0 Å². The predicted octanol–water partition coefficient (Wildman–Crippen LogP) is 5.89. The number of aromatic hydroxyl groups is 1. The van der Waals surface area contributed by atoms with Crippen molar-refractivity contribution in [2.45, 2.75) is 6.92 Å². The van der Waals surface area contributed by atoms with E-state index in [-0.39, 0.29) is 10.5 Å². The average molecular weight is 475 g/mol. The van der Waals surface area contributed by atoms with Crippen LogP contribution in [0.4, 0.5) is 11.4 Å². The van der Waals surface area contributed by atoms with Crippen LogP contribution >= 0.6 is 12.2 Å². The second-order valence-electron chi connectivity index (χ2n) is 7.07. The first-order valence-corrected chi connectivity index (χ1v) is 10.9. The third-order valence-corrected chi connectivity index (χ3v) is 5.34. The van der Waals surface area contributed by atoms with Crippen molar-refractivity contribution in [2.24, 2.45) is 10.2 Å². The molecule has 0 amide bonds. The number of azo groups is 1. The van der Waals surface area contributed by atoms with Gasteiger partial charge in [-0.2, -0.15) is 0 Å². The van der Waals surface area contributed by atoms with E-state index in [0.717, 1.165) is 0 Å². The van der Waals surface area contributed by atoms with Gasteiger partial charge in [0.15, 0.2) is 4.77 Å². The van der Waals surface area contributed by atoms with E-state index in [4.69, 9.17) is 21.7 Å². The Morgan fingerprint density at radius 3 is 2.21 bits per heavy atom. The number of methoxy groups -OCH3 is 1. The van der Waals surface area contributed by atoms with Crippen LogP contribution in [0.1, 0.15) is 6.92 Å². The van der Waals surface area contributed by atoms with Crippen LogP contribution in [0.3, 0.4) is 0 Å². The maximum atomic E-state index is 13.4. The normalized spacial score (nSPS) is 11.0. The molecule has 1 aromatic heterocycles. The van der Waals surface area contributed by atoms with Crippen LogP contribution in [0.15, 0.2) is 93.9 Å². The Hall–Kier alpha value is -4.24. The van der Waals surface area contributed by atoms with Crippen LogP contribution in [0.5, 0.6) is 17.4 Å². The molecule has 0 spiro atoms. The number of nitrogens with zero attached hydrogens (tertiary/aromatic N) is 4. The zero-order valence-corrected chi connectivity index (χ0v) is 19.4. The molecule has 0 unspecified atom stereocenters. The molecular weight excluding hydrogens is 452 g/mol. The van der Waals surface area contributed by atoms with Gasteiger partial charge in [0.1, 0.15) is 17.2 Å². The van der Waals surface area contributed by atoms with Gasteiger partial charge in [0.2, 0.25) is 11.6 Å². The number of hydrogen-bond donors (Lipinski definition) is 1. The van der Waals surface area contributed by atoms with E-state index in [1.54, 1.807) is 72.8 Å². The van der Waals surface area contributed by atoms with Gasteiger partial charge >= 0.3 is 0 Å². The summed E-state index contributed by atoms with van der Waals surface area (Å²) in [5, 5.41) is 19.4. The van der Waals surface area contributed by atoms with Crippen molar-refractivity contribution in [3.05, 3.63) is 94.0 Å². The van der Waals surface area contributed by atoms with E-state index >= 15 is 0 Å². The van der Waals surface area contributed by atoms with Crippen LogP contribution in [-0.4, -0.2) is 28.0 Å². The number of benzene rings is 3. The standard InChI is InChI=1S/C25H22N4O4S/c1-3-33-19-15-13-18(14-16-19)29-24(31)22(27-26-20-11-7-8-12-21(20)32-2)23(30)28(25(29)34)17-9-5-4-6-10-17/h4-16,31H,3H2,1-2H3. The summed E-state index contributed by atoms with van der Waals surface area (Å²) >= 11 is 5.63. The third kappa shape index (κ3) is 4.46. The molecule has 9 heteroatoms. The van der Waals surface area contributed by atoms with Gasteiger partial charge in [-0.1, -0.05) is 30.3 Å². The molecule has 0 fully saturated rings. The number of ether oxygens (including phenoxy) is 2. The lowest BCUT2D eigenvalue weighted by molar-refractivity contribution is 0.340. The lowest BCUT2D eigenvalue weighted by atomic mass is 10.3. The summed E-state index contributed by atoms with van der Waals surface area (Å²) in [6.45, 7) is 2.42. The quantitative estimate of drug-likeness (QED) is 0.267. The van der Waals surface area contributed by atoms with Gasteiger partial charge in [-0.3, -0.25) is 13.9 Å². The second kappa shape index (κ2) is 10.1. The number of para-hydroxylation sites is 2. The van der Waals surface area contributed by atoms with Gasteiger partial charge in [0, 0.05) is 0 Å². The summed E-state index contributed by atoms with van der Waals surface area (Å²) in [5.74, 6) is 0.725. The van der Waals surface area contributed by atoms with Crippen molar-refractivity contribution in [3.63, 3.8) is 0 Å². The average Bonchev–Trinajstić information content (AvgIpc) is 2.86. The van der Waals surface area contributed by atoms with Gasteiger partial charge < -0.3 is 14.6 Å². The van der Waals surface area contributed by atoms with Crippen LogP contribution in [0, 0.1) is 4.77 Å². The summed E-state index contributed by atoms with van der Waals surface area (Å²) in [4.78, 5) is 13.4. The molecule has 4 aromatic rings. The first-order chi connectivity index (χ1) is 16.5. The molecule has 8 nitrogen and oxygen atoms in total. The van der Waals surface area contributed by atoms with Crippen molar-refractivity contribution in [2.75, 3.05) is 13.7 Å². The van der Waals surface area contributed by atoms with Gasteiger partial charge in [0.05, 0.1) is 25.1 Å². The minimum atomic E-state index is -0.602. The Morgan fingerprint density at radius 1 is 0.882 bits per heavy atom. The highest BCUT2D eigenvalue weighted by atomic mass is 32.1. The molecule has 0 bridgehead atoms. The fraction of sp³-hybridized carbons (Fsp3) is 0.120. The SMILES string of the molecule is CCOc1ccc(-n2c(O)c(N=Nc3ccccc3OC)c(=O)n(-c3ccccc3)c2=S)cc1. The Labute approximate surface area is 201 Å². The molecule has 0 radical (unpaired) electrons. The first-order valence-electron chi connectivity index (χ1n) is 10.5. The molecule has 0 atom stereocenters. The zero-order valence-electron chi connectivity index (χ0n) is 18.6. The highest BCUT2D eigenvalue weighted by molar-refractivity contribution is 7.71. The molecule has 0 aliphatic carbocycles.